The summed E-state index contributed by atoms with van der Waals surface area (Å²) in [5, 5.41) is 0. The number of methoxy groups -OCH3 is 1. The summed E-state index contributed by atoms with van der Waals surface area (Å²) in [7, 11) is 3.63. The normalized spacial score (nSPS) is 21.8. The summed E-state index contributed by atoms with van der Waals surface area (Å²) in [5.74, 6) is -0.225. The van der Waals surface area contributed by atoms with Gasteiger partial charge in [-0.05, 0) is 62.0 Å². The zero-order valence-electron chi connectivity index (χ0n) is 18.1. The zero-order chi connectivity index (χ0) is 20.7. The molecule has 0 radical (unpaired) electrons. The number of ether oxygens (including phenoxy) is 2. The third-order valence-corrected chi connectivity index (χ3v) is 5.88. The van der Waals surface area contributed by atoms with Crippen LogP contribution in [0.25, 0.3) is 0 Å². The summed E-state index contributed by atoms with van der Waals surface area (Å²) < 4.78 is 25.0. The third-order valence-electron chi connectivity index (χ3n) is 5.88. The van der Waals surface area contributed by atoms with Gasteiger partial charge in [0.25, 0.3) is 0 Å². The summed E-state index contributed by atoms with van der Waals surface area (Å²) in [6.45, 7) is 8.35. The average molecular weight is 394 g/mol. The van der Waals surface area contributed by atoms with Crippen molar-refractivity contribution in [3.05, 3.63) is 35.1 Å². The van der Waals surface area contributed by atoms with E-state index in [0.717, 1.165) is 49.9 Å². The van der Waals surface area contributed by atoms with Crippen LogP contribution >= 0.6 is 0 Å². The van der Waals surface area contributed by atoms with Crippen LogP contribution in [0.2, 0.25) is 0 Å². The SMILES string of the molecule is CCCCN(C)CCC1(OC(=O)COC)CCc2cc(F)ccc2C1C(C)C. The molecule has 2 rings (SSSR count). The lowest BCUT2D eigenvalue weighted by Crippen LogP contribution is -2.49. The lowest BCUT2D eigenvalue weighted by molar-refractivity contribution is -0.172. The molecule has 1 aromatic carbocycles. The molecular formula is C23H36FNO3. The highest BCUT2D eigenvalue weighted by atomic mass is 19.1. The highest BCUT2D eigenvalue weighted by molar-refractivity contribution is 5.71. The van der Waals surface area contributed by atoms with E-state index in [-0.39, 0.29) is 30.2 Å². The van der Waals surface area contributed by atoms with Gasteiger partial charge in [0.1, 0.15) is 18.0 Å². The van der Waals surface area contributed by atoms with Crippen LogP contribution in [-0.2, 0) is 20.7 Å². The van der Waals surface area contributed by atoms with Gasteiger partial charge in [-0.1, -0.05) is 33.3 Å². The molecule has 5 heteroatoms. The summed E-state index contributed by atoms with van der Waals surface area (Å²) >= 11 is 0. The molecule has 0 spiro atoms. The Balaban J connectivity index is 2.34. The standard InChI is InChI=1S/C23H36FNO3/c1-6-7-13-25(4)14-12-23(28-21(26)16-27-5)11-10-18-15-19(24)8-9-20(18)22(23)17(2)3/h8-9,15,17,22H,6-7,10-14,16H2,1-5H3. The Hall–Kier alpha value is -1.46. The van der Waals surface area contributed by atoms with Gasteiger partial charge in [-0.2, -0.15) is 0 Å². The van der Waals surface area contributed by atoms with Crippen LogP contribution in [0.1, 0.15) is 63.5 Å². The first-order valence-corrected chi connectivity index (χ1v) is 10.5. The van der Waals surface area contributed by atoms with E-state index < -0.39 is 5.60 Å². The number of benzene rings is 1. The van der Waals surface area contributed by atoms with E-state index in [1.165, 1.54) is 13.2 Å². The second-order valence-electron chi connectivity index (χ2n) is 8.44. The van der Waals surface area contributed by atoms with E-state index >= 15 is 0 Å². The topological polar surface area (TPSA) is 38.8 Å². The number of nitrogens with zero attached hydrogens (tertiary/aromatic N) is 1. The fraction of sp³-hybridized carbons (Fsp3) is 0.696. The zero-order valence-corrected chi connectivity index (χ0v) is 18.1. The Morgan fingerprint density at radius 2 is 2.11 bits per heavy atom. The molecule has 0 aliphatic heterocycles. The molecule has 0 saturated carbocycles. The summed E-state index contributed by atoms with van der Waals surface area (Å²) in [5.41, 5.74) is 1.57. The van der Waals surface area contributed by atoms with Crippen molar-refractivity contribution >= 4 is 5.97 Å². The number of fused-ring (bicyclic) bond motifs is 1. The Bertz CT molecular complexity index is 649. The van der Waals surface area contributed by atoms with E-state index in [1.54, 1.807) is 6.07 Å². The molecule has 4 nitrogen and oxygen atoms in total. The maximum atomic E-state index is 13.8. The average Bonchev–Trinajstić information content (AvgIpc) is 2.64. The first-order valence-electron chi connectivity index (χ1n) is 10.5. The van der Waals surface area contributed by atoms with Crippen molar-refractivity contribution in [2.45, 2.75) is 64.4 Å². The minimum absolute atomic E-state index is 0.0391. The van der Waals surface area contributed by atoms with Crippen LogP contribution in [0.15, 0.2) is 18.2 Å². The maximum Gasteiger partial charge on any atom is 0.332 e. The van der Waals surface area contributed by atoms with E-state index in [1.807, 2.05) is 6.07 Å². The van der Waals surface area contributed by atoms with Gasteiger partial charge in [0.2, 0.25) is 0 Å². The molecule has 0 amide bonds. The highest BCUT2D eigenvalue weighted by Gasteiger charge is 2.47. The van der Waals surface area contributed by atoms with Gasteiger partial charge in [-0.25, -0.2) is 9.18 Å². The quantitative estimate of drug-likeness (QED) is 0.546. The minimum Gasteiger partial charge on any atom is -0.457 e. The molecule has 1 aromatic rings. The lowest BCUT2D eigenvalue weighted by Gasteiger charge is -2.47. The van der Waals surface area contributed by atoms with E-state index in [4.69, 9.17) is 9.47 Å². The summed E-state index contributed by atoms with van der Waals surface area (Å²) in [6, 6.07) is 5.04. The highest BCUT2D eigenvalue weighted by Crippen LogP contribution is 2.48. The van der Waals surface area contributed by atoms with Crippen molar-refractivity contribution in [1.29, 1.82) is 0 Å². The molecule has 2 unspecified atom stereocenters. The number of hydrogen-bond acceptors (Lipinski definition) is 4. The fourth-order valence-corrected chi connectivity index (χ4v) is 4.59. The number of rotatable bonds is 10. The largest absolute Gasteiger partial charge is 0.457 e. The number of hydrogen-bond donors (Lipinski definition) is 0. The second-order valence-corrected chi connectivity index (χ2v) is 8.44. The number of halogens is 1. The van der Waals surface area contributed by atoms with Crippen LogP contribution < -0.4 is 0 Å². The van der Waals surface area contributed by atoms with Gasteiger partial charge in [-0.3, -0.25) is 0 Å². The van der Waals surface area contributed by atoms with Gasteiger partial charge in [-0.15, -0.1) is 0 Å². The molecule has 0 heterocycles. The van der Waals surface area contributed by atoms with Gasteiger partial charge in [0.05, 0.1) is 0 Å². The Morgan fingerprint density at radius 1 is 1.36 bits per heavy atom. The molecule has 0 saturated heterocycles. The van der Waals surface area contributed by atoms with Crippen molar-refractivity contribution in [2.24, 2.45) is 5.92 Å². The number of carbonyl (C=O) groups excluding carboxylic acids is 1. The van der Waals surface area contributed by atoms with Crippen molar-refractivity contribution in [2.75, 3.05) is 33.9 Å². The van der Waals surface area contributed by atoms with E-state index in [2.05, 4.69) is 32.7 Å². The smallest absolute Gasteiger partial charge is 0.332 e. The van der Waals surface area contributed by atoms with Crippen molar-refractivity contribution in [1.82, 2.24) is 4.90 Å². The predicted octanol–water partition coefficient (Wildman–Crippen LogP) is 4.56. The number of aryl methyl sites for hydroxylation is 1. The number of carbonyl (C=O) groups is 1. The molecule has 0 fully saturated rings. The Morgan fingerprint density at radius 3 is 2.75 bits per heavy atom. The predicted molar refractivity (Wildman–Crippen MR) is 110 cm³/mol. The molecule has 1 aliphatic carbocycles. The van der Waals surface area contributed by atoms with Crippen LogP contribution in [0, 0.1) is 11.7 Å². The lowest BCUT2D eigenvalue weighted by atomic mass is 9.65. The minimum atomic E-state index is -0.588. The van der Waals surface area contributed by atoms with Crippen LogP contribution in [0.4, 0.5) is 4.39 Å². The molecule has 0 N–H and O–H groups in total. The Kier molecular flexibility index (Phi) is 8.44. The van der Waals surface area contributed by atoms with Crippen molar-refractivity contribution in [3.63, 3.8) is 0 Å². The molecular weight excluding hydrogens is 357 g/mol. The Labute approximate surface area is 169 Å². The molecule has 158 valence electrons. The molecule has 0 bridgehead atoms. The van der Waals surface area contributed by atoms with Gasteiger partial charge < -0.3 is 14.4 Å². The van der Waals surface area contributed by atoms with Crippen molar-refractivity contribution in [3.8, 4) is 0 Å². The molecule has 28 heavy (non-hydrogen) atoms. The summed E-state index contributed by atoms with van der Waals surface area (Å²) in [6.07, 6.45) is 4.51. The van der Waals surface area contributed by atoms with Crippen molar-refractivity contribution < 1.29 is 18.7 Å². The van der Waals surface area contributed by atoms with Gasteiger partial charge in [0, 0.05) is 26.0 Å². The third kappa shape index (κ3) is 5.54. The second kappa shape index (κ2) is 10.4. The van der Waals surface area contributed by atoms with E-state index in [9.17, 15) is 9.18 Å². The molecule has 0 aromatic heterocycles. The number of esters is 1. The number of unbranched alkanes of at least 4 members (excludes halogenated alkanes) is 1. The molecule has 1 aliphatic rings. The monoisotopic (exact) mass is 393 g/mol. The van der Waals surface area contributed by atoms with Crippen LogP contribution in [0.5, 0.6) is 0 Å². The summed E-state index contributed by atoms with van der Waals surface area (Å²) in [4.78, 5) is 14.8. The fourth-order valence-electron chi connectivity index (χ4n) is 4.59. The van der Waals surface area contributed by atoms with Crippen LogP contribution in [0.3, 0.4) is 0 Å². The first kappa shape index (κ1) is 22.8. The molecule has 2 atom stereocenters. The first-order chi connectivity index (χ1) is 13.3. The maximum absolute atomic E-state index is 13.8. The van der Waals surface area contributed by atoms with Gasteiger partial charge in [0.15, 0.2) is 0 Å². The van der Waals surface area contributed by atoms with Gasteiger partial charge >= 0.3 is 5.97 Å². The van der Waals surface area contributed by atoms with Crippen LogP contribution in [-0.4, -0.2) is 50.3 Å². The van der Waals surface area contributed by atoms with E-state index in [0.29, 0.717) is 6.42 Å².